The van der Waals surface area contributed by atoms with Gasteiger partial charge in [-0.3, -0.25) is 0 Å². The van der Waals surface area contributed by atoms with Crippen molar-refractivity contribution in [1.82, 2.24) is 15.3 Å². The fourth-order valence-electron chi connectivity index (χ4n) is 4.18. The second-order valence-corrected chi connectivity index (χ2v) is 8.42. The van der Waals surface area contributed by atoms with Crippen LogP contribution in [0.5, 0.6) is 0 Å². The molecule has 2 atom stereocenters. The number of morpholine rings is 1. The van der Waals surface area contributed by atoms with Gasteiger partial charge in [-0.05, 0) is 51.2 Å². The van der Waals surface area contributed by atoms with Crippen molar-refractivity contribution in [3.8, 4) is 0 Å². The first-order chi connectivity index (χ1) is 14.2. The van der Waals surface area contributed by atoms with Crippen molar-refractivity contribution in [2.24, 2.45) is 0 Å². The monoisotopic (exact) mass is 420 g/mol. The Balaban J connectivity index is 1.49. The summed E-state index contributed by atoms with van der Waals surface area (Å²) in [5, 5.41) is 6.98. The molecule has 0 aliphatic carbocycles. The number of hydrogen-bond donors (Lipinski definition) is 2. The lowest BCUT2D eigenvalue weighted by Gasteiger charge is -2.35. The minimum absolute atomic E-state index is 0.236. The minimum Gasteiger partial charge on any atom is -0.378 e. The quantitative estimate of drug-likeness (QED) is 0.697. The van der Waals surface area contributed by atoms with E-state index in [9.17, 15) is 0 Å². The largest absolute Gasteiger partial charge is 0.378 e. The number of hydrogen-bond acceptors (Lipinski definition) is 7. The van der Waals surface area contributed by atoms with E-state index in [-0.39, 0.29) is 6.10 Å². The second-order valence-electron chi connectivity index (χ2n) is 8.02. The molecule has 0 spiro atoms. The standard InChI is InChI=1S/C20H32N6O2S/c1-15-5-2-3-7-26(15)18-13-17(25-8-11-27-12-9-25)22-19(23-18)24-20(29)21-14-16-6-4-10-28-16/h13,15-16H,2-12,14H2,1H3,(H2,21,22,23,24,29). The van der Waals surface area contributed by atoms with E-state index in [4.69, 9.17) is 31.7 Å². The number of anilines is 3. The third kappa shape index (κ3) is 5.46. The van der Waals surface area contributed by atoms with Crippen LogP contribution in [0.2, 0.25) is 0 Å². The van der Waals surface area contributed by atoms with Gasteiger partial charge in [0.2, 0.25) is 5.95 Å². The first kappa shape index (κ1) is 20.6. The maximum absolute atomic E-state index is 5.66. The average molecular weight is 421 g/mol. The summed E-state index contributed by atoms with van der Waals surface area (Å²) in [6.45, 7) is 7.99. The van der Waals surface area contributed by atoms with Crippen LogP contribution in [0.15, 0.2) is 6.07 Å². The zero-order valence-electron chi connectivity index (χ0n) is 17.2. The van der Waals surface area contributed by atoms with Crippen LogP contribution < -0.4 is 20.4 Å². The van der Waals surface area contributed by atoms with E-state index in [2.05, 4.69) is 33.4 Å². The summed E-state index contributed by atoms with van der Waals surface area (Å²) in [7, 11) is 0. The number of rotatable bonds is 5. The van der Waals surface area contributed by atoms with Crippen molar-refractivity contribution in [2.75, 3.05) is 61.1 Å². The van der Waals surface area contributed by atoms with Gasteiger partial charge < -0.3 is 29.9 Å². The Kier molecular flexibility index (Phi) is 6.99. The molecule has 9 heteroatoms. The number of nitrogens with zero attached hydrogens (tertiary/aromatic N) is 4. The lowest BCUT2D eigenvalue weighted by molar-refractivity contribution is 0.114. The van der Waals surface area contributed by atoms with Crippen LogP contribution in [0.1, 0.15) is 39.0 Å². The van der Waals surface area contributed by atoms with Crippen LogP contribution in [0, 0.1) is 0 Å². The van der Waals surface area contributed by atoms with Gasteiger partial charge in [0.1, 0.15) is 11.6 Å². The van der Waals surface area contributed by atoms with Crippen molar-refractivity contribution in [3.05, 3.63) is 6.07 Å². The normalized spacial score (nSPS) is 25.1. The van der Waals surface area contributed by atoms with Gasteiger partial charge in [-0.25, -0.2) is 0 Å². The molecule has 4 heterocycles. The highest BCUT2D eigenvalue weighted by Crippen LogP contribution is 2.27. The fourth-order valence-corrected chi connectivity index (χ4v) is 4.35. The van der Waals surface area contributed by atoms with E-state index in [1.54, 1.807) is 0 Å². The Morgan fingerprint density at radius 2 is 1.93 bits per heavy atom. The number of ether oxygens (including phenoxy) is 2. The molecule has 3 aliphatic heterocycles. The number of nitrogens with one attached hydrogen (secondary N) is 2. The first-order valence-electron chi connectivity index (χ1n) is 10.8. The summed E-state index contributed by atoms with van der Waals surface area (Å²) < 4.78 is 11.2. The lowest BCUT2D eigenvalue weighted by atomic mass is 10.0. The van der Waals surface area contributed by atoms with Gasteiger partial charge in [0.15, 0.2) is 5.11 Å². The predicted molar refractivity (Wildman–Crippen MR) is 119 cm³/mol. The molecule has 0 bridgehead atoms. The summed E-state index contributed by atoms with van der Waals surface area (Å²) in [5.41, 5.74) is 0. The van der Waals surface area contributed by atoms with E-state index >= 15 is 0 Å². The Hall–Kier alpha value is -1.71. The summed E-state index contributed by atoms with van der Waals surface area (Å²) in [4.78, 5) is 14.2. The van der Waals surface area contributed by atoms with Gasteiger partial charge in [-0.2, -0.15) is 9.97 Å². The van der Waals surface area contributed by atoms with E-state index in [0.29, 0.717) is 23.6 Å². The number of aromatic nitrogens is 2. The highest BCUT2D eigenvalue weighted by Gasteiger charge is 2.23. The van der Waals surface area contributed by atoms with Crippen LogP contribution in [0.4, 0.5) is 17.6 Å². The molecule has 0 amide bonds. The molecule has 2 N–H and O–H groups in total. The maximum atomic E-state index is 5.66. The zero-order chi connectivity index (χ0) is 20.1. The van der Waals surface area contributed by atoms with E-state index in [1.807, 2.05) is 0 Å². The Morgan fingerprint density at radius 1 is 1.10 bits per heavy atom. The molecular weight excluding hydrogens is 388 g/mol. The topological polar surface area (TPSA) is 74.8 Å². The molecule has 8 nitrogen and oxygen atoms in total. The Bertz CT molecular complexity index is 694. The van der Waals surface area contributed by atoms with Crippen molar-refractivity contribution in [1.29, 1.82) is 0 Å². The van der Waals surface area contributed by atoms with E-state index in [1.165, 1.54) is 19.3 Å². The van der Waals surface area contributed by atoms with Crippen molar-refractivity contribution >= 4 is 34.9 Å². The molecule has 3 saturated heterocycles. The van der Waals surface area contributed by atoms with Crippen LogP contribution in [-0.2, 0) is 9.47 Å². The molecule has 1 aromatic rings. The van der Waals surface area contributed by atoms with Gasteiger partial charge >= 0.3 is 0 Å². The number of thiocarbonyl (C=S) groups is 1. The van der Waals surface area contributed by atoms with Gasteiger partial charge in [-0.1, -0.05) is 0 Å². The van der Waals surface area contributed by atoms with Crippen LogP contribution in [0.25, 0.3) is 0 Å². The van der Waals surface area contributed by atoms with Gasteiger partial charge in [0.25, 0.3) is 0 Å². The highest BCUT2D eigenvalue weighted by atomic mass is 32.1. The van der Waals surface area contributed by atoms with Crippen LogP contribution >= 0.6 is 12.2 Å². The SMILES string of the molecule is CC1CCCCN1c1cc(N2CCOCC2)nc(NC(=S)NCC2CCCO2)n1. The molecule has 0 aromatic carbocycles. The molecular formula is C20H32N6O2S. The van der Waals surface area contributed by atoms with Gasteiger partial charge in [0, 0.05) is 44.9 Å². The molecule has 1 aromatic heterocycles. The Morgan fingerprint density at radius 3 is 2.69 bits per heavy atom. The molecule has 0 saturated carbocycles. The second kappa shape index (κ2) is 9.86. The molecule has 4 rings (SSSR count). The Labute approximate surface area is 178 Å². The molecule has 3 fully saturated rings. The lowest BCUT2D eigenvalue weighted by Crippen LogP contribution is -2.40. The summed E-state index contributed by atoms with van der Waals surface area (Å²) in [5.74, 6) is 2.45. The van der Waals surface area contributed by atoms with Crippen LogP contribution in [-0.4, -0.2) is 73.2 Å². The molecule has 160 valence electrons. The van der Waals surface area contributed by atoms with Crippen molar-refractivity contribution in [3.63, 3.8) is 0 Å². The highest BCUT2D eigenvalue weighted by molar-refractivity contribution is 7.80. The first-order valence-corrected chi connectivity index (χ1v) is 11.2. The van der Waals surface area contributed by atoms with Crippen LogP contribution in [0.3, 0.4) is 0 Å². The summed E-state index contributed by atoms with van der Waals surface area (Å²) in [6, 6.07) is 2.59. The molecule has 0 radical (unpaired) electrons. The molecule has 2 unspecified atom stereocenters. The minimum atomic E-state index is 0.236. The fraction of sp³-hybridized carbons (Fsp3) is 0.750. The third-order valence-corrected chi connectivity index (χ3v) is 6.12. The van der Waals surface area contributed by atoms with E-state index in [0.717, 1.165) is 63.9 Å². The average Bonchev–Trinajstić information content (AvgIpc) is 3.27. The third-order valence-electron chi connectivity index (χ3n) is 5.87. The predicted octanol–water partition coefficient (Wildman–Crippen LogP) is 2.16. The summed E-state index contributed by atoms with van der Waals surface area (Å²) in [6.07, 6.45) is 6.11. The smallest absolute Gasteiger partial charge is 0.232 e. The molecule has 29 heavy (non-hydrogen) atoms. The number of piperidine rings is 1. The molecule has 3 aliphatic rings. The zero-order valence-corrected chi connectivity index (χ0v) is 18.0. The van der Waals surface area contributed by atoms with E-state index < -0.39 is 0 Å². The maximum Gasteiger partial charge on any atom is 0.232 e. The van der Waals surface area contributed by atoms with Gasteiger partial charge in [0.05, 0.1) is 19.3 Å². The van der Waals surface area contributed by atoms with Crippen molar-refractivity contribution < 1.29 is 9.47 Å². The summed E-state index contributed by atoms with van der Waals surface area (Å²) >= 11 is 5.49. The van der Waals surface area contributed by atoms with Crippen molar-refractivity contribution in [2.45, 2.75) is 51.2 Å². The van der Waals surface area contributed by atoms with Gasteiger partial charge in [-0.15, -0.1) is 0 Å².